The Kier molecular flexibility index (Phi) is 13.9. The minimum atomic E-state index is 0. The summed E-state index contributed by atoms with van der Waals surface area (Å²) >= 11 is 0. The van der Waals surface area contributed by atoms with Gasteiger partial charge in [0.2, 0.25) is 0 Å². The van der Waals surface area contributed by atoms with Crippen LogP contribution in [0.5, 0.6) is 0 Å². The molecule has 1 heteroatoms. The van der Waals surface area contributed by atoms with E-state index >= 15 is 0 Å². The molecule has 0 rings (SSSR count). The summed E-state index contributed by atoms with van der Waals surface area (Å²) in [5, 5.41) is 0. The van der Waals surface area contributed by atoms with Crippen molar-refractivity contribution in [2.24, 2.45) is 0 Å². The van der Waals surface area contributed by atoms with E-state index in [1.54, 1.807) is 0 Å². The van der Waals surface area contributed by atoms with Gasteiger partial charge in [-0.05, 0) is 13.8 Å². The van der Waals surface area contributed by atoms with Gasteiger partial charge in [-0.3, -0.25) is 0 Å². The zero-order valence-corrected chi connectivity index (χ0v) is 6.37. The summed E-state index contributed by atoms with van der Waals surface area (Å²) in [4.78, 5) is 0. The zero-order valence-electron chi connectivity index (χ0n) is 4.81. The van der Waals surface area contributed by atoms with Crippen LogP contribution in [0.15, 0.2) is 24.3 Å². The molecule has 0 amide bonds. The average Bonchev–Trinajstić information content (AvgIpc) is 1.61. The topological polar surface area (TPSA) is 0 Å². The maximum absolute atomic E-state index is 2.00. The molecule has 0 bridgehead atoms. The van der Waals surface area contributed by atoms with Crippen molar-refractivity contribution in [3.8, 4) is 0 Å². The first-order valence-corrected chi connectivity index (χ1v) is 2.15. The second-order valence-electron chi connectivity index (χ2n) is 1.05. The predicted octanol–water partition coefficient (Wildman–Crippen LogP) is 2.14. The Bertz CT molecular complexity index is 52.6. The summed E-state index contributed by atoms with van der Waals surface area (Å²) in [5.41, 5.74) is 0. The zero-order chi connectivity index (χ0) is 4.83. The minimum absolute atomic E-state index is 0. The van der Waals surface area contributed by atoms with E-state index in [0.29, 0.717) is 0 Å². The van der Waals surface area contributed by atoms with Crippen LogP contribution in [0.25, 0.3) is 0 Å². The van der Waals surface area contributed by atoms with E-state index in [0.717, 1.165) is 0 Å². The molecule has 0 saturated carbocycles. The average molecular weight is 130 g/mol. The maximum Gasteiger partial charge on any atom is 0 e. The molecular formula is C6H10Ti. The predicted molar refractivity (Wildman–Crippen MR) is 29.6 cm³/mol. The van der Waals surface area contributed by atoms with Crippen LogP contribution in [-0.4, -0.2) is 0 Å². The van der Waals surface area contributed by atoms with Gasteiger partial charge in [-0.15, -0.1) is 0 Å². The number of allylic oxidation sites excluding steroid dienone is 4. The Hall–Kier alpha value is 0.194. The Morgan fingerprint density at radius 2 is 1.14 bits per heavy atom. The van der Waals surface area contributed by atoms with Crippen molar-refractivity contribution in [1.82, 2.24) is 0 Å². The molecule has 0 aliphatic carbocycles. The number of rotatable bonds is 1. The Morgan fingerprint density at radius 3 is 1.29 bits per heavy atom. The van der Waals surface area contributed by atoms with E-state index in [4.69, 9.17) is 0 Å². The molecule has 0 aromatic carbocycles. The molecule has 0 aromatic heterocycles. The minimum Gasteiger partial charge on any atom is -0.0877 e. The summed E-state index contributed by atoms with van der Waals surface area (Å²) in [5.74, 6) is 0. The quantitative estimate of drug-likeness (QED) is 0.376. The third kappa shape index (κ3) is 10.7. The number of hydrogen-bond donors (Lipinski definition) is 0. The molecule has 0 aliphatic rings. The van der Waals surface area contributed by atoms with Crippen molar-refractivity contribution >= 4 is 0 Å². The molecule has 7 heavy (non-hydrogen) atoms. The van der Waals surface area contributed by atoms with Crippen LogP contribution in [0.3, 0.4) is 0 Å². The molecular weight excluding hydrogens is 120 g/mol. The SMILES string of the molecule is CC=CC=CC.[Ti]. The van der Waals surface area contributed by atoms with Crippen LogP contribution in [-0.2, 0) is 21.7 Å². The molecule has 0 unspecified atom stereocenters. The van der Waals surface area contributed by atoms with E-state index in [2.05, 4.69) is 0 Å². The molecule has 0 radical (unpaired) electrons. The summed E-state index contributed by atoms with van der Waals surface area (Å²) in [6.07, 6.45) is 8.00. The molecule has 0 nitrogen and oxygen atoms in total. The summed E-state index contributed by atoms with van der Waals surface area (Å²) in [7, 11) is 0. The fourth-order valence-corrected chi connectivity index (χ4v) is 0.222. The first-order chi connectivity index (χ1) is 2.91. The largest absolute Gasteiger partial charge is 0.0877 e. The monoisotopic (exact) mass is 130 g/mol. The van der Waals surface area contributed by atoms with Crippen molar-refractivity contribution in [2.75, 3.05) is 0 Å². The van der Waals surface area contributed by atoms with Crippen molar-refractivity contribution < 1.29 is 21.7 Å². The molecule has 0 spiro atoms. The summed E-state index contributed by atoms with van der Waals surface area (Å²) in [6.45, 7) is 4.00. The molecule has 0 fully saturated rings. The first-order valence-electron chi connectivity index (χ1n) is 2.15. The third-order valence-corrected chi connectivity index (χ3v) is 0.496. The second-order valence-corrected chi connectivity index (χ2v) is 1.05. The van der Waals surface area contributed by atoms with Crippen LogP contribution >= 0.6 is 0 Å². The van der Waals surface area contributed by atoms with E-state index in [1.165, 1.54) is 0 Å². The van der Waals surface area contributed by atoms with Gasteiger partial charge in [-0.1, -0.05) is 24.3 Å². The Balaban J connectivity index is 0. The van der Waals surface area contributed by atoms with Crippen molar-refractivity contribution in [1.29, 1.82) is 0 Å². The van der Waals surface area contributed by atoms with E-state index in [9.17, 15) is 0 Å². The Labute approximate surface area is 60.2 Å². The van der Waals surface area contributed by atoms with E-state index in [1.807, 2.05) is 38.2 Å². The molecule has 38 valence electrons. The van der Waals surface area contributed by atoms with Crippen LogP contribution in [0.4, 0.5) is 0 Å². The first kappa shape index (κ1) is 10.2. The molecule has 0 aromatic rings. The summed E-state index contributed by atoms with van der Waals surface area (Å²) < 4.78 is 0. The molecule has 0 aliphatic heterocycles. The van der Waals surface area contributed by atoms with Gasteiger partial charge in [-0.25, -0.2) is 0 Å². The van der Waals surface area contributed by atoms with Gasteiger partial charge in [0, 0.05) is 21.7 Å². The van der Waals surface area contributed by atoms with Crippen molar-refractivity contribution in [3.63, 3.8) is 0 Å². The van der Waals surface area contributed by atoms with Crippen LogP contribution in [0, 0.1) is 0 Å². The summed E-state index contributed by atoms with van der Waals surface area (Å²) in [6, 6.07) is 0. The fraction of sp³-hybridized carbons (Fsp3) is 0.333. The molecule has 0 atom stereocenters. The fourth-order valence-electron chi connectivity index (χ4n) is 0.222. The van der Waals surface area contributed by atoms with Gasteiger partial charge in [-0.2, -0.15) is 0 Å². The van der Waals surface area contributed by atoms with E-state index in [-0.39, 0.29) is 21.7 Å². The second kappa shape index (κ2) is 9.50. The molecule has 0 N–H and O–H groups in total. The third-order valence-electron chi connectivity index (χ3n) is 0.496. The van der Waals surface area contributed by atoms with Crippen molar-refractivity contribution in [3.05, 3.63) is 24.3 Å². The van der Waals surface area contributed by atoms with Gasteiger partial charge in [0.15, 0.2) is 0 Å². The maximum atomic E-state index is 2.00. The van der Waals surface area contributed by atoms with Gasteiger partial charge >= 0.3 is 0 Å². The van der Waals surface area contributed by atoms with Crippen LogP contribution < -0.4 is 0 Å². The normalized spacial score (nSPS) is 10.0. The smallest absolute Gasteiger partial charge is 0 e. The van der Waals surface area contributed by atoms with Gasteiger partial charge in [0.25, 0.3) is 0 Å². The van der Waals surface area contributed by atoms with Crippen LogP contribution in [0.2, 0.25) is 0 Å². The van der Waals surface area contributed by atoms with Crippen molar-refractivity contribution in [2.45, 2.75) is 13.8 Å². The molecule has 0 saturated heterocycles. The van der Waals surface area contributed by atoms with Gasteiger partial charge in [0.05, 0.1) is 0 Å². The Morgan fingerprint density at radius 1 is 0.857 bits per heavy atom. The number of hydrogen-bond acceptors (Lipinski definition) is 0. The standard InChI is InChI=1S/C6H10.Ti/c1-3-5-6-4-2;/h3-6H,1-2H3;. The van der Waals surface area contributed by atoms with Gasteiger partial charge < -0.3 is 0 Å². The van der Waals surface area contributed by atoms with Gasteiger partial charge in [0.1, 0.15) is 0 Å². The van der Waals surface area contributed by atoms with E-state index < -0.39 is 0 Å². The van der Waals surface area contributed by atoms with Crippen LogP contribution in [0.1, 0.15) is 13.8 Å². The molecule has 0 heterocycles.